The number of urea groups is 1. The maximum atomic E-state index is 13.0. The fourth-order valence-corrected chi connectivity index (χ4v) is 4.35. The largest absolute Gasteiger partial charge is 0.369 e. The average molecular weight is 436 g/mol. The van der Waals surface area contributed by atoms with Crippen LogP contribution in [-0.2, 0) is 29.8 Å². The molecule has 0 saturated carbocycles. The number of hydrogen-bond acceptors (Lipinski definition) is 6. The highest BCUT2D eigenvalue weighted by atomic mass is 32.2. The topological polar surface area (TPSA) is 147 Å². The molecular weight excluding hydrogens is 412 g/mol. The van der Waals surface area contributed by atoms with E-state index < -0.39 is 45.7 Å². The molecule has 0 spiro atoms. The predicted molar refractivity (Wildman–Crippen MR) is 106 cm³/mol. The van der Waals surface area contributed by atoms with E-state index in [9.17, 15) is 27.6 Å². The number of nitrogens with one attached hydrogen (secondary N) is 1. The first kappa shape index (κ1) is 21.8. The number of imide groups is 1. The maximum Gasteiger partial charge on any atom is 0.325 e. The summed E-state index contributed by atoms with van der Waals surface area (Å²) in [4.78, 5) is 51.7. The summed E-state index contributed by atoms with van der Waals surface area (Å²) < 4.78 is 23.3. The SMILES string of the molecule is CC1(c2ccc(S(C)(=O)=O)cc2)NC(=O)N(CC(=O)N2CCC(C(N)=O)CC2)C1=O. The highest BCUT2D eigenvalue weighted by molar-refractivity contribution is 7.90. The number of nitrogens with zero attached hydrogens (tertiary/aromatic N) is 2. The molecule has 1 aromatic carbocycles. The number of benzene rings is 1. The van der Waals surface area contributed by atoms with Gasteiger partial charge in [0.05, 0.1) is 4.90 Å². The molecule has 11 heteroatoms. The summed E-state index contributed by atoms with van der Waals surface area (Å²) in [5, 5.41) is 2.59. The molecule has 0 radical (unpaired) electrons. The van der Waals surface area contributed by atoms with Crippen molar-refractivity contribution >= 4 is 33.6 Å². The molecule has 1 atom stereocenters. The molecule has 5 amide bonds. The van der Waals surface area contributed by atoms with E-state index in [4.69, 9.17) is 5.73 Å². The number of primary amides is 1. The van der Waals surface area contributed by atoms with Gasteiger partial charge in [-0.2, -0.15) is 0 Å². The number of carbonyl (C=O) groups excluding carboxylic acids is 4. The molecule has 10 nitrogen and oxygen atoms in total. The second-order valence-electron chi connectivity index (χ2n) is 7.80. The molecule has 1 unspecified atom stereocenters. The Kier molecular flexibility index (Phi) is 5.59. The van der Waals surface area contributed by atoms with Crippen molar-refractivity contribution in [2.24, 2.45) is 11.7 Å². The van der Waals surface area contributed by atoms with Crippen molar-refractivity contribution in [3.8, 4) is 0 Å². The minimum Gasteiger partial charge on any atom is -0.369 e. The van der Waals surface area contributed by atoms with Gasteiger partial charge in [-0.1, -0.05) is 12.1 Å². The number of nitrogens with two attached hydrogens (primary N) is 1. The Bertz CT molecular complexity index is 998. The molecule has 0 aliphatic carbocycles. The number of rotatable bonds is 5. The van der Waals surface area contributed by atoms with Gasteiger partial charge in [0, 0.05) is 25.3 Å². The maximum absolute atomic E-state index is 13.0. The third-order valence-corrected chi connectivity index (χ3v) is 6.81. The molecule has 1 aromatic rings. The number of amides is 5. The van der Waals surface area contributed by atoms with Crippen LogP contribution in [0.1, 0.15) is 25.3 Å². The first-order valence-corrected chi connectivity index (χ1v) is 11.3. The van der Waals surface area contributed by atoms with E-state index in [2.05, 4.69) is 5.32 Å². The van der Waals surface area contributed by atoms with E-state index in [1.54, 1.807) is 0 Å². The minimum absolute atomic E-state index is 0.0954. The van der Waals surface area contributed by atoms with Crippen LogP contribution < -0.4 is 11.1 Å². The third-order valence-electron chi connectivity index (χ3n) is 5.68. The lowest BCUT2D eigenvalue weighted by atomic mass is 9.92. The summed E-state index contributed by atoms with van der Waals surface area (Å²) in [6.07, 6.45) is 1.98. The molecule has 30 heavy (non-hydrogen) atoms. The summed E-state index contributed by atoms with van der Waals surface area (Å²) in [6, 6.07) is 4.97. The van der Waals surface area contributed by atoms with Crippen LogP contribution in [-0.4, -0.2) is 67.9 Å². The van der Waals surface area contributed by atoms with Crippen molar-refractivity contribution in [1.29, 1.82) is 0 Å². The average Bonchev–Trinajstić information content (AvgIpc) is 2.91. The number of likely N-dealkylation sites (tertiary alicyclic amines) is 1. The molecule has 162 valence electrons. The van der Waals surface area contributed by atoms with E-state index in [1.165, 1.54) is 36.1 Å². The van der Waals surface area contributed by atoms with Gasteiger partial charge in [-0.05, 0) is 37.5 Å². The first-order chi connectivity index (χ1) is 13.9. The number of sulfone groups is 1. The van der Waals surface area contributed by atoms with Gasteiger partial charge in [0.1, 0.15) is 12.1 Å². The molecule has 2 fully saturated rings. The van der Waals surface area contributed by atoms with Gasteiger partial charge in [0.25, 0.3) is 5.91 Å². The van der Waals surface area contributed by atoms with Crippen LogP contribution in [0, 0.1) is 5.92 Å². The Balaban J connectivity index is 1.71. The summed E-state index contributed by atoms with van der Waals surface area (Å²) in [6.45, 7) is 1.76. The zero-order valence-electron chi connectivity index (χ0n) is 16.8. The molecular formula is C19H24N4O6S. The van der Waals surface area contributed by atoms with Gasteiger partial charge in [-0.15, -0.1) is 0 Å². The molecule has 2 heterocycles. The predicted octanol–water partition coefficient (Wildman–Crippen LogP) is -0.419. The van der Waals surface area contributed by atoms with E-state index in [0.717, 1.165) is 11.2 Å². The van der Waals surface area contributed by atoms with Gasteiger partial charge >= 0.3 is 6.03 Å². The molecule has 3 N–H and O–H groups in total. The Labute approximate surface area is 174 Å². The molecule has 2 aliphatic heterocycles. The van der Waals surface area contributed by atoms with Crippen LogP contribution in [0.3, 0.4) is 0 Å². The van der Waals surface area contributed by atoms with Gasteiger partial charge in [-0.3, -0.25) is 19.3 Å². The van der Waals surface area contributed by atoms with Gasteiger partial charge in [0.2, 0.25) is 11.8 Å². The number of carbonyl (C=O) groups is 4. The highest BCUT2D eigenvalue weighted by Crippen LogP contribution is 2.29. The summed E-state index contributed by atoms with van der Waals surface area (Å²) in [7, 11) is -3.40. The van der Waals surface area contributed by atoms with Crippen LogP contribution in [0.15, 0.2) is 29.2 Å². The summed E-state index contributed by atoms with van der Waals surface area (Å²) in [5.74, 6) is -1.66. The van der Waals surface area contributed by atoms with Crippen molar-refractivity contribution in [3.05, 3.63) is 29.8 Å². The Morgan fingerprint density at radius 3 is 2.23 bits per heavy atom. The lowest BCUT2D eigenvalue weighted by Gasteiger charge is -2.31. The van der Waals surface area contributed by atoms with Crippen molar-refractivity contribution in [2.45, 2.75) is 30.2 Å². The van der Waals surface area contributed by atoms with Gasteiger partial charge in [0.15, 0.2) is 9.84 Å². The lowest BCUT2D eigenvalue weighted by molar-refractivity contribution is -0.140. The Morgan fingerprint density at radius 2 is 1.73 bits per heavy atom. The van der Waals surface area contributed by atoms with Crippen LogP contribution in [0.4, 0.5) is 4.79 Å². The zero-order chi connectivity index (χ0) is 22.3. The van der Waals surface area contributed by atoms with Crippen LogP contribution in [0.2, 0.25) is 0 Å². The molecule has 0 bridgehead atoms. The van der Waals surface area contributed by atoms with E-state index in [-0.39, 0.29) is 10.8 Å². The number of hydrogen-bond donors (Lipinski definition) is 2. The van der Waals surface area contributed by atoms with E-state index in [0.29, 0.717) is 31.5 Å². The molecule has 2 saturated heterocycles. The van der Waals surface area contributed by atoms with Crippen molar-refractivity contribution < 1.29 is 27.6 Å². The second-order valence-corrected chi connectivity index (χ2v) is 9.82. The van der Waals surface area contributed by atoms with E-state index >= 15 is 0 Å². The highest BCUT2D eigenvalue weighted by Gasteiger charge is 2.49. The Hall–Kier alpha value is -2.95. The summed E-state index contributed by atoms with van der Waals surface area (Å²) in [5.41, 5.74) is 4.29. The normalized spacial score (nSPS) is 22.9. The molecule has 3 rings (SSSR count). The number of piperidine rings is 1. The first-order valence-electron chi connectivity index (χ1n) is 9.45. The molecule has 0 aromatic heterocycles. The van der Waals surface area contributed by atoms with E-state index in [1.807, 2.05) is 0 Å². The van der Waals surface area contributed by atoms with Crippen molar-refractivity contribution in [1.82, 2.24) is 15.1 Å². The van der Waals surface area contributed by atoms with Crippen LogP contribution >= 0.6 is 0 Å². The fourth-order valence-electron chi connectivity index (χ4n) is 3.72. The molecule has 2 aliphatic rings. The second kappa shape index (κ2) is 7.71. The van der Waals surface area contributed by atoms with Crippen molar-refractivity contribution in [2.75, 3.05) is 25.9 Å². The zero-order valence-corrected chi connectivity index (χ0v) is 17.6. The standard InChI is InChI=1S/C19H24N4O6S/c1-19(13-3-5-14(6-4-13)30(2,28)29)17(26)23(18(27)21-19)11-15(24)22-9-7-12(8-10-22)16(20)25/h3-6,12H,7-11H2,1-2H3,(H2,20,25)(H,21,27). The van der Waals surface area contributed by atoms with Gasteiger partial charge in [-0.25, -0.2) is 13.2 Å². The van der Waals surface area contributed by atoms with Crippen molar-refractivity contribution in [3.63, 3.8) is 0 Å². The monoisotopic (exact) mass is 436 g/mol. The fraction of sp³-hybridized carbons (Fsp3) is 0.474. The summed E-state index contributed by atoms with van der Waals surface area (Å²) >= 11 is 0. The van der Waals surface area contributed by atoms with Crippen LogP contribution in [0.5, 0.6) is 0 Å². The minimum atomic E-state index is -3.40. The lowest BCUT2D eigenvalue weighted by Crippen LogP contribution is -2.47. The third kappa shape index (κ3) is 4.02. The van der Waals surface area contributed by atoms with Crippen LogP contribution in [0.25, 0.3) is 0 Å². The quantitative estimate of drug-likeness (QED) is 0.599. The Morgan fingerprint density at radius 1 is 1.17 bits per heavy atom. The van der Waals surface area contributed by atoms with Gasteiger partial charge < -0.3 is 16.0 Å². The smallest absolute Gasteiger partial charge is 0.325 e.